The zero-order valence-electron chi connectivity index (χ0n) is 20.6. The van der Waals surface area contributed by atoms with E-state index in [2.05, 4.69) is 10.3 Å². The van der Waals surface area contributed by atoms with Crippen molar-refractivity contribution in [2.45, 2.75) is 18.6 Å². The molecule has 1 atom stereocenters. The number of aromatic amines is 1. The number of anilines is 1. The van der Waals surface area contributed by atoms with Crippen molar-refractivity contribution in [1.29, 1.82) is 0 Å². The van der Waals surface area contributed by atoms with Crippen LogP contribution in [0.5, 0.6) is 0 Å². The van der Waals surface area contributed by atoms with Gasteiger partial charge in [0.1, 0.15) is 11.5 Å². The fraction of sp³-hybridized carbons (Fsp3) is 0.308. The van der Waals surface area contributed by atoms with Gasteiger partial charge in [-0.3, -0.25) is 14.4 Å². The lowest BCUT2D eigenvalue weighted by atomic mass is 10.0. The highest BCUT2D eigenvalue weighted by atomic mass is 35.5. The van der Waals surface area contributed by atoms with Crippen molar-refractivity contribution in [2.24, 2.45) is 0 Å². The average molecular weight is 558 g/mol. The van der Waals surface area contributed by atoms with E-state index in [4.69, 9.17) is 16.7 Å². The average Bonchev–Trinajstić information content (AvgIpc) is 3.47. The summed E-state index contributed by atoms with van der Waals surface area (Å²) in [5.74, 6) is -2.52. The predicted molar refractivity (Wildman–Crippen MR) is 139 cm³/mol. The van der Waals surface area contributed by atoms with Crippen molar-refractivity contribution >= 4 is 52.0 Å². The van der Waals surface area contributed by atoms with Crippen molar-refractivity contribution in [1.82, 2.24) is 20.1 Å². The molecule has 0 spiro atoms. The van der Waals surface area contributed by atoms with Gasteiger partial charge in [-0.15, -0.1) is 0 Å². The van der Waals surface area contributed by atoms with E-state index in [0.29, 0.717) is 27.8 Å². The molecule has 204 valence electrons. The first-order valence-electron chi connectivity index (χ1n) is 12.2. The molecule has 3 heterocycles. The van der Waals surface area contributed by atoms with Gasteiger partial charge in [0, 0.05) is 67.3 Å². The van der Waals surface area contributed by atoms with Crippen LogP contribution in [-0.2, 0) is 16.1 Å². The molecule has 0 unspecified atom stereocenters. The number of aliphatic hydroxyl groups is 1. The van der Waals surface area contributed by atoms with Gasteiger partial charge in [-0.25, -0.2) is 9.18 Å². The lowest BCUT2D eigenvalue weighted by Gasteiger charge is -2.32. The number of carbonyl (C=O) groups is 4. The minimum atomic E-state index is -2.29. The Morgan fingerprint density at radius 2 is 1.74 bits per heavy atom. The van der Waals surface area contributed by atoms with Gasteiger partial charge in [0.05, 0.1) is 0 Å². The van der Waals surface area contributed by atoms with Gasteiger partial charge >= 0.3 is 6.09 Å². The van der Waals surface area contributed by atoms with Crippen LogP contribution in [0.2, 0.25) is 5.02 Å². The monoisotopic (exact) mass is 557 g/mol. The van der Waals surface area contributed by atoms with E-state index in [1.807, 2.05) is 0 Å². The van der Waals surface area contributed by atoms with Gasteiger partial charge in [-0.1, -0.05) is 11.6 Å². The van der Waals surface area contributed by atoms with Gasteiger partial charge in [-0.2, -0.15) is 0 Å². The number of hydrogen-bond acceptors (Lipinski definition) is 5. The molecule has 0 aliphatic carbocycles. The van der Waals surface area contributed by atoms with Crippen LogP contribution in [0.4, 0.5) is 14.9 Å². The maximum absolute atomic E-state index is 13.6. The molecule has 0 saturated carbocycles. The smallest absolute Gasteiger partial charge is 0.407 e. The van der Waals surface area contributed by atoms with E-state index in [0.717, 1.165) is 6.07 Å². The number of fused-ring (bicyclic) bond motifs is 1. The molecule has 11 nitrogen and oxygen atoms in total. The lowest BCUT2D eigenvalue weighted by Crippen LogP contribution is -2.52. The molecule has 2 aromatic carbocycles. The first-order valence-corrected chi connectivity index (χ1v) is 12.6. The second kappa shape index (κ2) is 10.2. The molecule has 0 bridgehead atoms. The van der Waals surface area contributed by atoms with Gasteiger partial charge < -0.3 is 35.2 Å². The minimum absolute atomic E-state index is 0.0874. The summed E-state index contributed by atoms with van der Waals surface area (Å²) in [4.78, 5) is 57.2. The van der Waals surface area contributed by atoms with Crippen LogP contribution in [0.25, 0.3) is 10.9 Å². The number of nitrogens with one attached hydrogen (secondary N) is 2. The fourth-order valence-corrected chi connectivity index (χ4v) is 5.12. The topological polar surface area (TPSA) is 146 Å². The summed E-state index contributed by atoms with van der Waals surface area (Å²) in [5.41, 5.74) is -0.483. The number of carbonyl (C=O) groups excluding carboxylic acids is 3. The highest BCUT2D eigenvalue weighted by molar-refractivity contribution is 6.30. The number of nitrogens with zero attached hydrogens (tertiary/aromatic N) is 3. The summed E-state index contributed by atoms with van der Waals surface area (Å²) in [6.45, 7) is 0.985. The number of carboxylic acid groups (broad SMARTS) is 1. The predicted octanol–water partition coefficient (Wildman–Crippen LogP) is 2.18. The fourth-order valence-electron chi connectivity index (χ4n) is 4.88. The van der Waals surface area contributed by atoms with Crippen molar-refractivity contribution in [3.05, 3.63) is 64.6 Å². The van der Waals surface area contributed by atoms with E-state index < -0.39 is 29.3 Å². The third kappa shape index (κ3) is 5.12. The largest absolute Gasteiger partial charge is 0.465 e. The maximum atomic E-state index is 13.6. The van der Waals surface area contributed by atoms with Crippen LogP contribution >= 0.6 is 11.6 Å². The van der Waals surface area contributed by atoms with Gasteiger partial charge in [0.2, 0.25) is 5.60 Å². The highest BCUT2D eigenvalue weighted by Crippen LogP contribution is 2.31. The van der Waals surface area contributed by atoms with Crippen molar-refractivity contribution in [2.75, 3.05) is 37.6 Å². The van der Waals surface area contributed by atoms with E-state index >= 15 is 0 Å². The van der Waals surface area contributed by atoms with Crippen molar-refractivity contribution in [3.63, 3.8) is 0 Å². The Hall–Kier alpha value is -4.16. The Labute approximate surface area is 226 Å². The van der Waals surface area contributed by atoms with Gasteiger partial charge in [0.15, 0.2) is 0 Å². The normalized spacial score (nSPS) is 19.6. The summed E-state index contributed by atoms with van der Waals surface area (Å²) in [5, 5.41) is 23.3. The number of H-pyrrole nitrogens is 1. The molecule has 2 saturated heterocycles. The maximum Gasteiger partial charge on any atom is 0.407 e. The SMILES string of the molecule is O=C(O)N1CCN(C(=O)c2cc3cc(N4CC[C@@](O)(C(=O)NCc5cc(F)cc(Cl)c5)C4=O)ccc3[nH]2)CC1. The van der Waals surface area contributed by atoms with Crippen LogP contribution in [0.15, 0.2) is 42.5 Å². The highest BCUT2D eigenvalue weighted by Gasteiger charge is 2.51. The molecule has 4 N–H and O–H groups in total. The Bertz CT molecular complexity index is 1470. The standard InChI is InChI=1S/C26H25ClFN5O6/c27-17-9-15(10-18(28)13-17)14-29-23(35)26(39)3-4-33(24(26)36)19-1-2-20-16(11-19)12-21(30-20)22(34)31-5-7-32(8-6-31)25(37)38/h1-2,9-13,30,39H,3-8,14H2,(H,29,35)(H,37,38)/t26-/m1/s1. The van der Waals surface area contributed by atoms with Crippen LogP contribution < -0.4 is 10.2 Å². The van der Waals surface area contributed by atoms with Crippen molar-refractivity contribution in [3.8, 4) is 0 Å². The Kier molecular flexibility index (Phi) is 6.91. The molecule has 0 radical (unpaired) electrons. The van der Waals surface area contributed by atoms with E-state index in [1.54, 1.807) is 29.2 Å². The van der Waals surface area contributed by atoms with Gasteiger partial charge in [0.25, 0.3) is 17.7 Å². The molecule has 3 aromatic rings. The number of benzene rings is 2. The number of hydrogen-bond donors (Lipinski definition) is 4. The Balaban J connectivity index is 1.27. The summed E-state index contributed by atoms with van der Waals surface area (Å²) in [6.07, 6.45) is -1.16. The molecular formula is C26H25ClFN5O6. The summed E-state index contributed by atoms with van der Waals surface area (Å²) >= 11 is 5.84. The second-order valence-electron chi connectivity index (χ2n) is 9.54. The summed E-state index contributed by atoms with van der Waals surface area (Å²) < 4.78 is 13.6. The first-order chi connectivity index (χ1) is 18.5. The van der Waals surface area contributed by atoms with Crippen LogP contribution in [0.3, 0.4) is 0 Å². The van der Waals surface area contributed by atoms with Crippen molar-refractivity contribution < 1.29 is 33.8 Å². The van der Waals surface area contributed by atoms with Crippen LogP contribution in [-0.4, -0.2) is 87.1 Å². The number of amides is 4. The lowest BCUT2D eigenvalue weighted by molar-refractivity contribution is -0.149. The zero-order valence-corrected chi connectivity index (χ0v) is 21.4. The first kappa shape index (κ1) is 26.4. The van der Waals surface area contributed by atoms with Gasteiger partial charge in [-0.05, 0) is 48.0 Å². The minimum Gasteiger partial charge on any atom is -0.465 e. The molecule has 1 aromatic heterocycles. The number of halogens is 2. The molecule has 39 heavy (non-hydrogen) atoms. The van der Waals surface area contributed by atoms with E-state index in [1.165, 1.54) is 21.9 Å². The Morgan fingerprint density at radius 3 is 2.44 bits per heavy atom. The Morgan fingerprint density at radius 1 is 1.03 bits per heavy atom. The molecule has 2 fully saturated rings. The third-order valence-electron chi connectivity index (χ3n) is 7.03. The molecular weight excluding hydrogens is 533 g/mol. The second-order valence-corrected chi connectivity index (χ2v) is 9.98. The molecule has 13 heteroatoms. The zero-order chi connectivity index (χ0) is 27.9. The van der Waals surface area contributed by atoms with E-state index in [9.17, 15) is 28.7 Å². The quantitative estimate of drug-likeness (QED) is 0.354. The molecule has 5 rings (SSSR count). The number of rotatable bonds is 5. The number of aromatic nitrogens is 1. The van der Waals surface area contributed by atoms with E-state index in [-0.39, 0.29) is 56.6 Å². The number of piperazine rings is 1. The molecule has 2 aliphatic rings. The molecule has 4 amide bonds. The van der Waals surface area contributed by atoms with Crippen LogP contribution in [0.1, 0.15) is 22.5 Å². The molecule has 2 aliphatic heterocycles. The summed E-state index contributed by atoms with van der Waals surface area (Å²) in [7, 11) is 0. The summed E-state index contributed by atoms with van der Waals surface area (Å²) in [6, 6.07) is 10.5. The third-order valence-corrected chi connectivity index (χ3v) is 7.25. The van der Waals surface area contributed by atoms with Crippen LogP contribution in [0, 0.1) is 5.82 Å².